The second kappa shape index (κ2) is 7.99. The Morgan fingerprint density at radius 1 is 1.20 bits per heavy atom. The summed E-state index contributed by atoms with van der Waals surface area (Å²) in [5.74, 6) is -0.160. The molecule has 0 radical (unpaired) electrons. The molecule has 0 bridgehead atoms. The Morgan fingerprint density at radius 3 is 2.64 bits per heavy atom. The van der Waals surface area contributed by atoms with Crippen molar-refractivity contribution >= 4 is 17.5 Å². The van der Waals surface area contributed by atoms with Crippen molar-refractivity contribution in [3.8, 4) is 11.1 Å². The molecule has 0 saturated heterocycles. The van der Waals surface area contributed by atoms with E-state index < -0.39 is 5.38 Å². The molecule has 1 unspecified atom stereocenters. The molecule has 0 aliphatic carbocycles. The quantitative estimate of drug-likeness (QED) is 0.684. The lowest BCUT2D eigenvalue weighted by Gasteiger charge is -2.12. The molecule has 4 nitrogen and oxygen atoms in total. The highest BCUT2D eigenvalue weighted by molar-refractivity contribution is 6.30. The molecule has 128 valence electrons. The summed E-state index contributed by atoms with van der Waals surface area (Å²) in [6, 6.07) is 16.5. The lowest BCUT2D eigenvalue weighted by atomic mass is 9.98. The van der Waals surface area contributed by atoms with Gasteiger partial charge in [0.2, 0.25) is 5.91 Å². The Balaban J connectivity index is 1.76. The highest BCUT2D eigenvalue weighted by Crippen LogP contribution is 2.24. The van der Waals surface area contributed by atoms with E-state index in [1.807, 2.05) is 35.3 Å². The van der Waals surface area contributed by atoms with Gasteiger partial charge in [0.15, 0.2) is 0 Å². The number of amides is 1. The van der Waals surface area contributed by atoms with Gasteiger partial charge in [0, 0.05) is 25.5 Å². The smallest absolute Gasteiger partial charge is 0.238 e. The van der Waals surface area contributed by atoms with E-state index in [0.29, 0.717) is 6.54 Å². The molecule has 2 aromatic carbocycles. The summed E-state index contributed by atoms with van der Waals surface area (Å²) < 4.78 is 2.03. The van der Waals surface area contributed by atoms with Gasteiger partial charge in [-0.1, -0.05) is 48.5 Å². The molecule has 5 heteroatoms. The van der Waals surface area contributed by atoms with Crippen molar-refractivity contribution in [2.45, 2.75) is 25.4 Å². The van der Waals surface area contributed by atoms with Crippen LogP contribution in [0.3, 0.4) is 0 Å². The van der Waals surface area contributed by atoms with E-state index >= 15 is 0 Å². The zero-order valence-corrected chi connectivity index (χ0v) is 14.8. The van der Waals surface area contributed by atoms with Crippen molar-refractivity contribution in [3.63, 3.8) is 0 Å². The van der Waals surface area contributed by atoms with Crippen LogP contribution in [0.1, 0.15) is 18.1 Å². The monoisotopic (exact) mass is 353 g/mol. The van der Waals surface area contributed by atoms with Crippen molar-refractivity contribution in [2.75, 3.05) is 0 Å². The number of imidazole rings is 1. The van der Waals surface area contributed by atoms with Crippen LogP contribution >= 0.6 is 11.6 Å². The number of hydrogen-bond acceptors (Lipinski definition) is 2. The van der Waals surface area contributed by atoms with Crippen LogP contribution in [0.5, 0.6) is 0 Å². The number of hydrogen-bond donors (Lipinski definition) is 1. The molecule has 1 atom stereocenters. The molecule has 25 heavy (non-hydrogen) atoms. The largest absolute Gasteiger partial charge is 0.351 e. The zero-order valence-electron chi connectivity index (χ0n) is 14.0. The van der Waals surface area contributed by atoms with E-state index in [0.717, 1.165) is 23.2 Å². The molecule has 3 aromatic rings. The first-order chi connectivity index (χ1) is 12.1. The van der Waals surface area contributed by atoms with Gasteiger partial charge in [-0.25, -0.2) is 4.98 Å². The second-order valence-corrected chi connectivity index (χ2v) is 6.58. The third kappa shape index (κ3) is 4.48. The Labute approximate surface area is 152 Å². The minimum absolute atomic E-state index is 0.160. The lowest BCUT2D eigenvalue weighted by Crippen LogP contribution is -2.29. The Kier molecular flexibility index (Phi) is 5.51. The highest BCUT2D eigenvalue weighted by Gasteiger charge is 2.10. The lowest BCUT2D eigenvalue weighted by molar-refractivity contribution is -0.120. The first-order valence-corrected chi connectivity index (χ1v) is 8.62. The molecule has 0 aliphatic heterocycles. The molecule has 0 fully saturated rings. The van der Waals surface area contributed by atoms with Gasteiger partial charge in [0.1, 0.15) is 5.38 Å². The van der Waals surface area contributed by atoms with Gasteiger partial charge in [-0.15, -0.1) is 11.6 Å². The summed E-state index contributed by atoms with van der Waals surface area (Å²) in [5, 5.41) is 2.34. The number of carbonyl (C=O) groups excluding carboxylic acids is 1. The van der Waals surface area contributed by atoms with Gasteiger partial charge in [-0.3, -0.25) is 4.79 Å². The van der Waals surface area contributed by atoms with Gasteiger partial charge >= 0.3 is 0 Å². The molecule has 1 amide bonds. The molecule has 0 saturated carbocycles. The van der Waals surface area contributed by atoms with Crippen molar-refractivity contribution in [3.05, 3.63) is 78.4 Å². The van der Waals surface area contributed by atoms with Crippen molar-refractivity contribution in [2.24, 2.45) is 0 Å². The summed E-state index contributed by atoms with van der Waals surface area (Å²) in [5.41, 5.74) is 4.51. The van der Waals surface area contributed by atoms with Crippen molar-refractivity contribution in [1.29, 1.82) is 0 Å². The predicted octanol–water partition coefficient (Wildman–Crippen LogP) is 3.84. The topological polar surface area (TPSA) is 46.9 Å². The first-order valence-electron chi connectivity index (χ1n) is 8.18. The third-order valence-corrected chi connectivity index (χ3v) is 4.22. The number of carbonyl (C=O) groups is 1. The number of halogens is 1. The Hall–Kier alpha value is -2.59. The van der Waals surface area contributed by atoms with Crippen LogP contribution in [0.2, 0.25) is 0 Å². The first kappa shape index (κ1) is 17.2. The van der Waals surface area contributed by atoms with Crippen molar-refractivity contribution in [1.82, 2.24) is 14.9 Å². The summed E-state index contributed by atoms with van der Waals surface area (Å²) in [7, 11) is 0. The zero-order chi connectivity index (χ0) is 17.6. The van der Waals surface area contributed by atoms with Crippen LogP contribution in [0.4, 0.5) is 0 Å². The van der Waals surface area contributed by atoms with Crippen LogP contribution in [-0.2, 0) is 17.9 Å². The molecule has 3 rings (SSSR count). The second-order valence-electron chi connectivity index (χ2n) is 5.92. The predicted molar refractivity (Wildman–Crippen MR) is 100 cm³/mol. The number of nitrogens with one attached hydrogen (secondary N) is 1. The summed E-state index contributed by atoms with van der Waals surface area (Å²) in [6.07, 6.45) is 5.54. The van der Waals surface area contributed by atoms with E-state index in [-0.39, 0.29) is 5.91 Å². The molecule has 0 spiro atoms. The standard InChI is InChI=1S/C20H20ClN3O/c1-15(21)20(25)23-12-18-4-2-3-5-19(18)17-8-6-16(7-9-17)13-24-11-10-22-14-24/h2-11,14-15H,12-13H2,1H3,(H,23,25). The molecule has 0 aliphatic rings. The number of rotatable bonds is 6. The highest BCUT2D eigenvalue weighted by atomic mass is 35.5. The Bertz CT molecular complexity index is 826. The van der Waals surface area contributed by atoms with Gasteiger partial charge in [0.05, 0.1) is 6.33 Å². The fourth-order valence-electron chi connectivity index (χ4n) is 2.66. The van der Waals surface area contributed by atoms with Gasteiger partial charge in [0.25, 0.3) is 0 Å². The molecular weight excluding hydrogens is 334 g/mol. The molecular formula is C20H20ClN3O. The van der Waals surface area contributed by atoms with E-state index in [4.69, 9.17) is 11.6 Å². The average Bonchev–Trinajstić information content (AvgIpc) is 3.13. The SMILES string of the molecule is CC(Cl)C(=O)NCc1ccccc1-c1ccc(Cn2ccnc2)cc1. The van der Waals surface area contributed by atoms with Crippen LogP contribution < -0.4 is 5.32 Å². The average molecular weight is 354 g/mol. The van der Waals surface area contributed by atoms with Crippen LogP contribution in [-0.4, -0.2) is 20.8 Å². The maximum Gasteiger partial charge on any atom is 0.238 e. The van der Waals surface area contributed by atoms with Crippen molar-refractivity contribution < 1.29 is 4.79 Å². The van der Waals surface area contributed by atoms with Gasteiger partial charge < -0.3 is 9.88 Å². The van der Waals surface area contributed by atoms with Gasteiger partial charge in [-0.05, 0) is 29.2 Å². The minimum atomic E-state index is -0.533. The normalized spacial score (nSPS) is 11.9. The Morgan fingerprint density at radius 2 is 1.96 bits per heavy atom. The molecule has 1 aromatic heterocycles. The number of nitrogens with zero attached hydrogens (tertiary/aromatic N) is 2. The number of aromatic nitrogens is 2. The van der Waals surface area contributed by atoms with E-state index in [1.54, 1.807) is 13.1 Å². The van der Waals surface area contributed by atoms with Crippen LogP contribution in [0.25, 0.3) is 11.1 Å². The molecule has 1 heterocycles. The maximum atomic E-state index is 11.7. The van der Waals surface area contributed by atoms with Gasteiger partial charge in [-0.2, -0.15) is 0 Å². The summed E-state index contributed by atoms with van der Waals surface area (Å²) >= 11 is 5.81. The number of benzene rings is 2. The van der Waals surface area contributed by atoms with E-state index in [9.17, 15) is 4.79 Å². The maximum absolute atomic E-state index is 11.7. The van der Waals surface area contributed by atoms with E-state index in [2.05, 4.69) is 40.6 Å². The fraction of sp³-hybridized carbons (Fsp3) is 0.200. The molecule has 1 N–H and O–H groups in total. The fourth-order valence-corrected chi connectivity index (χ4v) is 2.74. The van der Waals surface area contributed by atoms with Crippen LogP contribution in [0.15, 0.2) is 67.3 Å². The van der Waals surface area contributed by atoms with Crippen LogP contribution in [0, 0.1) is 0 Å². The minimum Gasteiger partial charge on any atom is -0.351 e. The third-order valence-electron chi connectivity index (χ3n) is 4.02. The summed E-state index contributed by atoms with van der Waals surface area (Å²) in [4.78, 5) is 15.8. The summed E-state index contributed by atoms with van der Waals surface area (Å²) in [6.45, 7) is 2.93. The van der Waals surface area contributed by atoms with E-state index in [1.165, 1.54) is 5.56 Å². The number of alkyl halides is 1.